The second kappa shape index (κ2) is 11.0. The molecule has 0 radical (unpaired) electrons. The molecule has 0 heterocycles. The van der Waals surface area contributed by atoms with Crippen LogP contribution >= 0.6 is 0 Å². The normalized spacial score (nSPS) is 12.5. The highest BCUT2D eigenvalue weighted by Gasteiger charge is 2.34. The highest BCUT2D eigenvalue weighted by Crippen LogP contribution is 2.24. The predicted molar refractivity (Wildman–Crippen MR) is 125 cm³/mol. The van der Waals surface area contributed by atoms with Crippen molar-refractivity contribution in [2.75, 3.05) is 12.4 Å². The zero-order valence-corrected chi connectivity index (χ0v) is 19.4. The Hall–Kier alpha value is -3.99. The topological polar surface area (TPSA) is 97.0 Å². The Morgan fingerprint density at radius 1 is 1.03 bits per heavy atom. The van der Waals surface area contributed by atoms with E-state index in [0.717, 1.165) is 4.90 Å². The largest absolute Gasteiger partial charge is 0.497 e. The van der Waals surface area contributed by atoms with Gasteiger partial charge in [0.1, 0.15) is 23.4 Å². The highest BCUT2D eigenvalue weighted by molar-refractivity contribution is 5.99. The summed E-state index contributed by atoms with van der Waals surface area (Å²) in [5, 5.41) is 5.24. The first kappa shape index (κ1) is 25.3. The lowest BCUT2D eigenvalue weighted by atomic mass is 10.0. The number of nitrogens with zero attached hydrogens (tertiary/aromatic N) is 1. The zero-order chi connectivity index (χ0) is 24.6. The van der Waals surface area contributed by atoms with Crippen LogP contribution in [0.15, 0.2) is 54.6 Å². The zero-order valence-electron chi connectivity index (χ0n) is 19.4. The summed E-state index contributed by atoms with van der Waals surface area (Å²) in [4.78, 5) is 39.5. The van der Waals surface area contributed by atoms with Gasteiger partial charge in [0.05, 0.1) is 7.11 Å². The number of hydrogen-bond donors (Lipinski definition) is 2. The van der Waals surface area contributed by atoms with Gasteiger partial charge in [0, 0.05) is 11.7 Å². The summed E-state index contributed by atoms with van der Waals surface area (Å²) in [6, 6.07) is 15.5. The van der Waals surface area contributed by atoms with E-state index in [1.807, 2.05) is 0 Å². The standard InChI is InChI=1S/C25H29N3O5/c1-7-28(23(30)17(2)26-24(31)33-25(3,4)5)21(18-11-9-8-10-12-18)22(29)27-19-13-15-20(32-6)16-14-19/h1,8-17,21H,2-6H3,(H,26,31)(H,27,29). The molecule has 2 aromatic rings. The van der Waals surface area contributed by atoms with E-state index in [1.165, 1.54) is 6.92 Å². The molecule has 2 N–H and O–H groups in total. The smallest absolute Gasteiger partial charge is 0.408 e. The van der Waals surface area contributed by atoms with Crippen LogP contribution in [0.5, 0.6) is 5.75 Å². The third-order valence-corrected chi connectivity index (χ3v) is 4.46. The Morgan fingerprint density at radius 3 is 2.15 bits per heavy atom. The maximum absolute atomic E-state index is 13.3. The van der Waals surface area contributed by atoms with Crippen molar-refractivity contribution in [2.24, 2.45) is 0 Å². The number of carbonyl (C=O) groups is 3. The van der Waals surface area contributed by atoms with Gasteiger partial charge in [0.2, 0.25) is 0 Å². The van der Waals surface area contributed by atoms with Crippen molar-refractivity contribution in [2.45, 2.75) is 45.4 Å². The van der Waals surface area contributed by atoms with Crippen molar-refractivity contribution >= 4 is 23.6 Å². The third-order valence-electron chi connectivity index (χ3n) is 4.46. The maximum Gasteiger partial charge on any atom is 0.408 e. The van der Waals surface area contributed by atoms with Crippen molar-refractivity contribution < 1.29 is 23.9 Å². The van der Waals surface area contributed by atoms with Gasteiger partial charge in [-0.1, -0.05) is 36.8 Å². The molecule has 2 atom stereocenters. The quantitative estimate of drug-likeness (QED) is 0.494. The molecule has 3 amide bonds. The summed E-state index contributed by atoms with van der Waals surface area (Å²) in [7, 11) is 1.54. The second-order valence-corrected chi connectivity index (χ2v) is 8.24. The average molecular weight is 452 g/mol. The fourth-order valence-corrected chi connectivity index (χ4v) is 2.96. The van der Waals surface area contributed by atoms with Gasteiger partial charge >= 0.3 is 6.09 Å². The first-order chi connectivity index (χ1) is 15.6. The van der Waals surface area contributed by atoms with E-state index in [1.54, 1.807) is 82.5 Å². The number of terminal acetylenes is 1. The Morgan fingerprint density at radius 2 is 1.64 bits per heavy atom. The molecular weight excluding hydrogens is 422 g/mol. The van der Waals surface area contributed by atoms with E-state index in [2.05, 4.69) is 16.7 Å². The minimum atomic E-state index is -1.13. The van der Waals surface area contributed by atoms with Crippen molar-refractivity contribution in [3.63, 3.8) is 0 Å². The number of hydrogen-bond acceptors (Lipinski definition) is 5. The fraction of sp³-hybridized carbons (Fsp3) is 0.320. The molecule has 2 rings (SSSR count). The number of ether oxygens (including phenoxy) is 2. The van der Waals surface area contributed by atoms with Crippen molar-refractivity contribution in [3.8, 4) is 18.2 Å². The van der Waals surface area contributed by atoms with Gasteiger partial charge in [-0.05, 0) is 57.5 Å². The number of alkyl carbamates (subject to hydrolysis) is 1. The highest BCUT2D eigenvalue weighted by atomic mass is 16.6. The van der Waals surface area contributed by atoms with E-state index in [0.29, 0.717) is 17.0 Å². The van der Waals surface area contributed by atoms with Crippen LogP contribution in [0.3, 0.4) is 0 Å². The van der Waals surface area contributed by atoms with Crippen molar-refractivity contribution in [3.05, 3.63) is 60.2 Å². The Kier molecular flexibility index (Phi) is 8.46. The first-order valence-electron chi connectivity index (χ1n) is 10.3. The molecule has 0 aliphatic heterocycles. The molecule has 2 aromatic carbocycles. The number of carbonyl (C=O) groups excluding carboxylic acids is 3. The number of anilines is 1. The average Bonchev–Trinajstić information content (AvgIpc) is 2.76. The fourth-order valence-electron chi connectivity index (χ4n) is 2.96. The van der Waals surface area contributed by atoms with Gasteiger partial charge in [-0.3, -0.25) is 14.5 Å². The molecule has 0 aliphatic carbocycles. The number of amides is 3. The van der Waals surface area contributed by atoms with E-state index in [9.17, 15) is 14.4 Å². The van der Waals surface area contributed by atoms with Gasteiger partial charge in [-0.2, -0.15) is 0 Å². The minimum Gasteiger partial charge on any atom is -0.497 e. The molecule has 33 heavy (non-hydrogen) atoms. The number of rotatable bonds is 7. The number of methoxy groups -OCH3 is 1. The summed E-state index contributed by atoms with van der Waals surface area (Å²) < 4.78 is 10.3. The molecule has 2 unspecified atom stereocenters. The lowest BCUT2D eigenvalue weighted by molar-refractivity contribution is -0.136. The monoisotopic (exact) mass is 451 g/mol. The van der Waals surface area contributed by atoms with Gasteiger partial charge in [0.15, 0.2) is 0 Å². The van der Waals surface area contributed by atoms with Crippen LogP contribution in [0.2, 0.25) is 0 Å². The summed E-state index contributed by atoms with van der Waals surface area (Å²) in [5.74, 6) is -0.515. The molecule has 0 aliphatic rings. The molecule has 8 nitrogen and oxygen atoms in total. The molecule has 8 heteroatoms. The summed E-state index contributed by atoms with van der Waals surface area (Å²) in [6.45, 7) is 6.60. The van der Waals surface area contributed by atoms with E-state index < -0.39 is 35.6 Å². The van der Waals surface area contributed by atoms with E-state index >= 15 is 0 Å². The van der Waals surface area contributed by atoms with Crippen molar-refractivity contribution in [1.82, 2.24) is 10.2 Å². The Bertz CT molecular complexity index is 1010. The van der Waals surface area contributed by atoms with Crippen LogP contribution in [0, 0.1) is 12.5 Å². The van der Waals surface area contributed by atoms with Crippen LogP contribution in [0.25, 0.3) is 0 Å². The molecule has 0 saturated heterocycles. The van der Waals surface area contributed by atoms with E-state index in [4.69, 9.17) is 15.9 Å². The Labute approximate surface area is 194 Å². The van der Waals surface area contributed by atoms with Gasteiger partial charge < -0.3 is 20.1 Å². The second-order valence-electron chi connectivity index (χ2n) is 8.24. The van der Waals surface area contributed by atoms with Gasteiger partial charge in [-0.25, -0.2) is 4.79 Å². The first-order valence-corrected chi connectivity index (χ1v) is 10.3. The summed E-state index contributed by atoms with van der Waals surface area (Å²) in [6.07, 6.45) is 4.90. The molecule has 0 spiro atoms. The van der Waals surface area contributed by atoms with Gasteiger partial charge in [0.25, 0.3) is 11.8 Å². The van der Waals surface area contributed by atoms with Crippen LogP contribution in [-0.4, -0.2) is 41.6 Å². The van der Waals surface area contributed by atoms with Crippen LogP contribution < -0.4 is 15.4 Å². The molecule has 0 saturated carbocycles. The lowest BCUT2D eigenvalue weighted by Gasteiger charge is -2.29. The van der Waals surface area contributed by atoms with Crippen molar-refractivity contribution in [1.29, 1.82) is 0 Å². The predicted octanol–water partition coefficient (Wildman–Crippen LogP) is 3.71. The number of nitrogens with one attached hydrogen (secondary N) is 2. The maximum atomic E-state index is 13.3. The number of benzene rings is 2. The Balaban J connectivity index is 2.28. The molecular formula is C25H29N3O5. The molecule has 0 aromatic heterocycles. The third kappa shape index (κ3) is 7.28. The SMILES string of the molecule is C#CN(C(=O)C(C)NC(=O)OC(C)(C)C)C(C(=O)Nc1ccc(OC)cc1)c1ccccc1. The molecule has 174 valence electrons. The van der Waals surface area contributed by atoms with Crippen LogP contribution in [0.1, 0.15) is 39.3 Å². The summed E-state index contributed by atoms with van der Waals surface area (Å²) in [5.41, 5.74) is 0.286. The minimum absolute atomic E-state index is 0.506. The van der Waals surface area contributed by atoms with Crippen LogP contribution in [-0.2, 0) is 14.3 Å². The lowest BCUT2D eigenvalue weighted by Crippen LogP contribution is -2.49. The molecule has 0 bridgehead atoms. The molecule has 0 fully saturated rings. The van der Waals surface area contributed by atoms with E-state index in [-0.39, 0.29) is 0 Å². The van der Waals surface area contributed by atoms with Crippen LogP contribution in [0.4, 0.5) is 10.5 Å². The summed E-state index contributed by atoms with van der Waals surface area (Å²) >= 11 is 0. The van der Waals surface area contributed by atoms with Gasteiger partial charge in [-0.15, -0.1) is 0 Å².